The molecule has 0 saturated heterocycles. The minimum atomic E-state index is 0.932. The van der Waals surface area contributed by atoms with Crippen molar-refractivity contribution in [2.45, 2.75) is 32.1 Å². The SMILES string of the molecule is CN(C)CC1CC=C2CCCC2C1. The molecule has 1 saturated carbocycles. The molecule has 0 aromatic heterocycles. The highest BCUT2D eigenvalue weighted by molar-refractivity contribution is 5.14. The van der Waals surface area contributed by atoms with Crippen molar-refractivity contribution in [3.63, 3.8) is 0 Å². The Balaban J connectivity index is 1.92. The van der Waals surface area contributed by atoms with Gasteiger partial charge in [0, 0.05) is 6.54 Å². The Morgan fingerprint density at radius 1 is 1.46 bits per heavy atom. The van der Waals surface area contributed by atoms with E-state index in [1.807, 2.05) is 0 Å². The fourth-order valence-corrected chi connectivity index (χ4v) is 2.96. The maximum Gasteiger partial charge on any atom is 0.000674 e. The van der Waals surface area contributed by atoms with Crippen molar-refractivity contribution in [1.29, 1.82) is 0 Å². The van der Waals surface area contributed by atoms with Crippen molar-refractivity contribution in [1.82, 2.24) is 4.90 Å². The molecule has 0 bridgehead atoms. The van der Waals surface area contributed by atoms with E-state index < -0.39 is 0 Å². The molecule has 0 N–H and O–H groups in total. The van der Waals surface area contributed by atoms with Crippen LogP contribution in [-0.2, 0) is 0 Å². The summed E-state index contributed by atoms with van der Waals surface area (Å²) < 4.78 is 0. The predicted molar refractivity (Wildman–Crippen MR) is 56.7 cm³/mol. The van der Waals surface area contributed by atoms with Gasteiger partial charge in [0.05, 0.1) is 0 Å². The van der Waals surface area contributed by atoms with Crippen LogP contribution in [0.1, 0.15) is 32.1 Å². The van der Waals surface area contributed by atoms with Crippen LogP contribution in [0.2, 0.25) is 0 Å². The lowest BCUT2D eigenvalue weighted by Gasteiger charge is -2.27. The van der Waals surface area contributed by atoms with Gasteiger partial charge in [-0.1, -0.05) is 11.6 Å². The molecule has 2 atom stereocenters. The first-order chi connectivity index (χ1) is 6.25. The summed E-state index contributed by atoms with van der Waals surface area (Å²) in [6.07, 6.45) is 9.66. The second-order valence-corrected chi connectivity index (χ2v) is 4.97. The Hall–Kier alpha value is -0.300. The fraction of sp³-hybridized carbons (Fsp3) is 0.833. The predicted octanol–water partition coefficient (Wildman–Crippen LogP) is 2.68. The van der Waals surface area contributed by atoms with Crippen molar-refractivity contribution in [3.8, 4) is 0 Å². The van der Waals surface area contributed by atoms with Crippen molar-refractivity contribution in [3.05, 3.63) is 11.6 Å². The quantitative estimate of drug-likeness (QED) is 0.589. The van der Waals surface area contributed by atoms with Crippen molar-refractivity contribution in [2.24, 2.45) is 11.8 Å². The Labute approximate surface area is 81.8 Å². The average Bonchev–Trinajstić information content (AvgIpc) is 2.49. The Morgan fingerprint density at radius 3 is 3.08 bits per heavy atom. The maximum atomic E-state index is 2.54. The van der Waals surface area contributed by atoms with E-state index in [2.05, 4.69) is 25.1 Å². The van der Waals surface area contributed by atoms with E-state index in [4.69, 9.17) is 0 Å². The molecule has 2 rings (SSSR count). The summed E-state index contributed by atoms with van der Waals surface area (Å²) in [7, 11) is 4.38. The minimum absolute atomic E-state index is 0.932. The van der Waals surface area contributed by atoms with Gasteiger partial charge in [-0.15, -0.1) is 0 Å². The van der Waals surface area contributed by atoms with E-state index in [0.717, 1.165) is 11.8 Å². The standard InChI is InChI=1S/C12H21N/c1-13(2)9-10-6-7-11-4-3-5-12(11)8-10/h7,10,12H,3-6,8-9H2,1-2H3. The third kappa shape index (κ3) is 2.14. The Bertz CT molecular complexity index is 205. The molecule has 2 unspecified atom stereocenters. The summed E-state index contributed by atoms with van der Waals surface area (Å²) in [5.41, 5.74) is 1.79. The van der Waals surface area contributed by atoms with Crippen LogP contribution in [0.5, 0.6) is 0 Å². The lowest BCUT2D eigenvalue weighted by molar-refractivity contribution is 0.281. The molecule has 74 valence electrons. The molecular weight excluding hydrogens is 158 g/mol. The second kappa shape index (κ2) is 3.83. The van der Waals surface area contributed by atoms with Crippen LogP contribution >= 0.6 is 0 Å². The summed E-state index contributed by atoms with van der Waals surface area (Å²) in [4.78, 5) is 2.33. The first-order valence-electron chi connectivity index (χ1n) is 5.59. The molecule has 0 heterocycles. The Kier molecular flexibility index (Phi) is 2.73. The molecule has 1 nitrogen and oxygen atoms in total. The zero-order valence-corrected chi connectivity index (χ0v) is 8.92. The van der Waals surface area contributed by atoms with E-state index in [9.17, 15) is 0 Å². The van der Waals surface area contributed by atoms with Gasteiger partial charge >= 0.3 is 0 Å². The Morgan fingerprint density at radius 2 is 2.31 bits per heavy atom. The maximum absolute atomic E-state index is 2.54. The van der Waals surface area contributed by atoms with Gasteiger partial charge in [-0.2, -0.15) is 0 Å². The highest BCUT2D eigenvalue weighted by atomic mass is 15.1. The zero-order valence-electron chi connectivity index (χ0n) is 8.92. The van der Waals surface area contributed by atoms with Crippen LogP contribution in [0.25, 0.3) is 0 Å². The van der Waals surface area contributed by atoms with Crippen LogP contribution in [-0.4, -0.2) is 25.5 Å². The first kappa shape index (κ1) is 9.26. The zero-order chi connectivity index (χ0) is 9.26. The monoisotopic (exact) mass is 179 g/mol. The van der Waals surface area contributed by atoms with E-state index in [1.165, 1.54) is 38.6 Å². The minimum Gasteiger partial charge on any atom is -0.309 e. The molecule has 1 fully saturated rings. The van der Waals surface area contributed by atoms with E-state index in [1.54, 1.807) is 5.57 Å². The van der Waals surface area contributed by atoms with Crippen LogP contribution in [0.15, 0.2) is 11.6 Å². The number of allylic oxidation sites excluding steroid dienone is 2. The van der Waals surface area contributed by atoms with Gasteiger partial charge in [0.1, 0.15) is 0 Å². The molecule has 2 aliphatic carbocycles. The molecule has 2 aliphatic rings. The van der Waals surface area contributed by atoms with Crippen molar-refractivity contribution >= 4 is 0 Å². The first-order valence-corrected chi connectivity index (χ1v) is 5.59. The number of rotatable bonds is 2. The van der Waals surface area contributed by atoms with Gasteiger partial charge < -0.3 is 4.90 Å². The summed E-state index contributed by atoms with van der Waals surface area (Å²) >= 11 is 0. The van der Waals surface area contributed by atoms with Gasteiger partial charge in [0.2, 0.25) is 0 Å². The molecule has 13 heavy (non-hydrogen) atoms. The fourth-order valence-electron chi connectivity index (χ4n) is 2.96. The third-order valence-corrected chi connectivity index (χ3v) is 3.50. The summed E-state index contributed by atoms with van der Waals surface area (Å²) in [6.45, 7) is 1.28. The van der Waals surface area contributed by atoms with Gasteiger partial charge in [0.15, 0.2) is 0 Å². The van der Waals surface area contributed by atoms with Gasteiger partial charge in [-0.05, 0) is 58.0 Å². The number of nitrogens with zero attached hydrogens (tertiary/aromatic N) is 1. The summed E-state index contributed by atoms with van der Waals surface area (Å²) in [5, 5.41) is 0. The summed E-state index contributed by atoms with van der Waals surface area (Å²) in [5.74, 6) is 1.90. The molecule has 0 aliphatic heterocycles. The van der Waals surface area contributed by atoms with E-state index in [0.29, 0.717) is 0 Å². The molecule has 0 aromatic carbocycles. The van der Waals surface area contributed by atoms with Crippen LogP contribution in [0.4, 0.5) is 0 Å². The number of hydrogen-bond donors (Lipinski definition) is 0. The lowest BCUT2D eigenvalue weighted by atomic mass is 9.82. The van der Waals surface area contributed by atoms with Crippen LogP contribution in [0.3, 0.4) is 0 Å². The molecule has 0 radical (unpaired) electrons. The van der Waals surface area contributed by atoms with E-state index in [-0.39, 0.29) is 0 Å². The largest absolute Gasteiger partial charge is 0.309 e. The van der Waals surface area contributed by atoms with Gasteiger partial charge in [0.25, 0.3) is 0 Å². The van der Waals surface area contributed by atoms with E-state index >= 15 is 0 Å². The molecule has 0 amide bonds. The van der Waals surface area contributed by atoms with Gasteiger partial charge in [-0.3, -0.25) is 0 Å². The van der Waals surface area contributed by atoms with Crippen LogP contribution in [0, 0.1) is 11.8 Å². The molecule has 1 heteroatoms. The molecule has 0 spiro atoms. The topological polar surface area (TPSA) is 3.24 Å². The van der Waals surface area contributed by atoms with Crippen molar-refractivity contribution in [2.75, 3.05) is 20.6 Å². The summed E-state index contributed by atoms with van der Waals surface area (Å²) in [6, 6.07) is 0. The van der Waals surface area contributed by atoms with Crippen LogP contribution < -0.4 is 0 Å². The van der Waals surface area contributed by atoms with Crippen molar-refractivity contribution < 1.29 is 0 Å². The second-order valence-electron chi connectivity index (χ2n) is 4.97. The lowest BCUT2D eigenvalue weighted by Crippen LogP contribution is -2.25. The highest BCUT2D eigenvalue weighted by Crippen LogP contribution is 2.40. The average molecular weight is 179 g/mol. The smallest absolute Gasteiger partial charge is 0.000674 e. The highest BCUT2D eigenvalue weighted by Gasteiger charge is 2.27. The third-order valence-electron chi connectivity index (χ3n) is 3.50. The number of fused-ring (bicyclic) bond motifs is 1. The number of hydrogen-bond acceptors (Lipinski definition) is 1. The normalized spacial score (nSPS) is 33.3. The molecule has 0 aromatic rings. The molecular formula is C12H21N. The van der Waals surface area contributed by atoms with Gasteiger partial charge in [-0.25, -0.2) is 0 Å².